The van der Waals surface area contributed by atoms with Crippen LogP contribution in [0.3, 0.4) is 0 Å². The van der Waals surface area contributed by atoms with Crippen molar-refractivity contribution in [3.05, 3.63) is 0 Å². The summed E-state index contributed by atoms with van der Waals surface area (Å²) in [6.07, 6.45) is 12.3. The van der Waals surface area contributed by atoms with Gasteiger partial charge in [0.1, 0.15) is 0 Å². The number of aliphatic hydroxyl groups excluding tert-OH is 1. The topological polar surface area (TPSA) is 52.6 Å². The zero-order valence-corrected chi connectivity index (χ0v) is 13.1. The number of carbonyl (C=O) groups excluding carboxylic acids is 1. The number of carbonyl (C=O) groups is 1. The lowest BCUT2D eigenvalue weighted by Gasteiger charge is -2.40. The molecule has 1 amide bonds. The summed E-state index contributed by atoms with van der Waals surface area (Å²) in [6, 6.07) is 1.46. The van der Waals surface area contributed by atoms with E-state index in [9.17, 15) is 9.90 Å². The molecule has 4 heteroatoms. The second-order valence-electron chi connectivity index (χ2n) is 7.31. The third kappa shape index (κ3) is 3.42. The predicted octanol–water partition coefficient (Wildman–Crippen LogP) is 2.06. The van der Waals surface area contributed by atoms with E-state index in [-0.39, 0.29) is 12.5 Å². The standard InChI is InChI=1S/C17H30N2O2/c20-13-17(9-10-17)16(21)18-11-8-15-7-3-4-12-19(15)14-5-1-2-6-14/h14-15,20H,1-13H2,(H,18,21). The molecule has 1 aliphatic heterocycles. The fraction of sp³-hybridized carbons (Fsp3) is 0.941. The van der Waals surface area contributed by atoms with Gasteiger partial charge in [-0.15, -0.1) is 0 Å². The van der Waals surface area contributed by atoms with Crippen LogP contribution in [0.1, 0.15) is 64.2 Å². The molecule has 2 N–H and O–H groups in total. The predicted molar refractivity (Wildman–Crippen MR) is 83.0 cm³/mol. The molecule has 21 heavy (non-hydrogen) atoms. The third-order valence-electron chi connectivity index (χ3n) is 5.87. The van der Waals surface area contributed by atoms with E-state index >= 15 is 0 Å². The molecule has 0 aromatic heterocycles. The zero-order valence-electron chi connectivity index (χ0n) is 13.1. The van der Waals surface area contributed by atoms with E-state index in [0.717, 1.165) is 31.8 Å². The van der Waals surface area contributed by atoms with Crippen LogP contribution in [0, 0.1) is 5.41 Å². The van der Waals surface area contributed by atoms with E-state index in [1.54, 1.807) is 0 Å². The van der Waals surface area contributed by atoms with Gasteiger partial charge >= 0.3 is 0 Å². The first kappa shape index (κ1) is 15.3. The lowest BCUT2D eigenvalue weighted by atomic mass is 9.96. The number of aliphatic hydroxyl groups is 1. The Morgan fingerprint density at radius 1 is 1.14 bits per heavy atom. The summed E-state index contributed by atoms with van der Waals surface area (Å²) in [5.41, 5.74) is -0.419. The smallest absolute Gasteiger partial charge is 0.228 e. The Kier molecular flexibility index (Phi) is 4.85. The van der Waals surface area contributed by atoms with Crippen molar-refractivity contribution in [1.82, 2.24) is 10.2 Å². The van der Waals surface area contributed by atoms with Crippen LogP contribution in [-0.4, -0.2) is 47.7 Å². The van der Waals surface area contributed by atoms with Crippen LogP contribution in [0.15, 0.2) is 0 Å². The molecule has 4 nitrogen and oxygen atoms in total. The van der Waals surface area contributed by atoms with Crippen molar-refractivity contribution < 1.29 is 9.90 Å². The maximum Gasteiger partial charge on any atom is 0.228 e. The summed E-state index contributed by atoms with van der Waals surface area (Å²) >= 11 is 0. The molecule has 1 atom stereocenters. The molecule has 1 saturated heterocycles. The number of likely N-dealkylation sites (tertiary alicyclic amines) is 1. The van der Waals surface area contributed by atoms with Crippen LogP contribution in [0.5, 0.6) is 0 Å². The first-order valence-electron chi connectivity index (χ1n) is 8.90. The molecule has 0 bridgehead atoms. The Morgan fingerprint density at radius 3 is 2.52 bits per heavy atom. The monoisotopic (exact) mass is 294 g/mol. The van der Waals surface area contributed by atoms with Gasteiger partial charge in [-0.05, 0) is 51.5 Å². The Balaban J connectivity index is 1.45. The molecule has 0 radical (unpaired) electrons. The molecular formula is C17H30N2O2. The van der Waals surface area contributed by atoms with Gasteiger partial charge in [0, 0.05) is 18.6 Å². The van der Waals surface area contributed by atoms with Gasteiger partial charge in [-0.1, -0.05) is 19.3 Å². The van der Waals surface area contributed by atoms with Gasteiger partial charge in [0.2, 0.25) is 5.91 Å². The summed E-state index contributed by atoms with van der Waals surface area (Å²) in [4.78, 5) is 14.8. The van der Waals surface area contributed by atoms with Crippen molar-refractivity contribution in [2.45, 2.75) is 76.3 Å². The van der Waals surface area contributed by atoms with Crippen LogP contribution in [-0.2, 0) is 4.79 Å². The molecule has 0 spiro atoms. The number of nitrogens with zero attached hydrogens (tertiary/aromatic N) is 1. The number of hydrogen-bond acceptors (Lipinski definition) is 3. The molecule has 2 saturated carbocycles. The van der Waals surface area contributed by atoms with Crippen molar-refractivity contribution in [3.63, 3.8) is 0 Å². The average Bonchev–Trinajstić information content (AvgIpc) is 3.14. The highest BCUT2D eigenvalue weighted by Crippen LogP contribution is 2.45. The molecular weight excluding hydrogens is 264 g/mol. The van der Waals surface area contributed by atoms with Gasteiger partial charge in [-0.25, -0.2) is 0 Å². The third-order valence-corrected chi connectivity index (χ3v) is 5.87. The second kappa shape index (κ2) is 6.66. The van der Waals surface area contributed by atoms with Crippen LogP contribution in [0.2, 0.25) is 0 Å². The molecule has 0 aromatic carbocycles. The van der Waals surface area contributed by atoms with Crippen LogP contribution in [0.4, 0.5) is 0 Å². The van der Waals surface area contributed by atoms with E-state index in [0.29, 0.717) is 6.04 Å². The minimum atomic E-state index is -0.419. The number of hydrogen-bond donors (Lipinski definition) is 2. The summed E-state index contributed by atoms with van der Waals surface area (Å²) in [5, 5.41) is 12.4. The molecule has 3 rings (SSSR count). The summed E-state index contributed by atoms with van der Waals surface area (Å²) in [5.74, 6) is 0.0771. The van der Waals surface area contributed by atoms with Crippen molar-refractivity contribution >= 4 is 5.91 Å². The van der Waals surface area contributed by atoms with E-state index in [2.05, 4.69) is 10.2 Å². The Morgan fingerprint density at radius 2 is 1.86 bits per heavy atom. The maximum atomic E-state index is 12.1. The second-order valence-corrected chi connectivity index (χ2v) is 7.31. The first-order valence-corrected chi connectivity index (χ1v) is 8.90. The van der Waals surface area contributed by atoms with Crippen LogP contribution in [0.25, 0.3) is 0 Å². The largest absolute Gasteiger partial charge is 0.395 e. The van der Waals surface area contributed by atoms with Gasteiger partial charge in [0.05, 0.1) is 12.0 Å². The van der Waals surface area contributed by atoms with Gasteiger partial charge < -0.3 is 10.4 Å². The summed E-state index contributed by atoms with van der Waals surface area (Å²) < 4.78 is 0. The van der Waals surface area contributed by atoms with Crippen LogP contribution < -0.4 is 5.32 Å². The fourth-order valence-electron chi connectivity index (χ4n) is 4.20. The van der Waals surface area contributed by atoms with E-state index < -0.39 is 5.41 Å². The SMILES string of the molecule is O=C(NCCC1CCCCN1C1CCCC1)C1(CO)CC1. The Hall–Kier alpha value is -0.610. The molecule has 1 heterocycles. The van der Waals surface area contributed by atoms with Crippen molar-refractivity contribution in [2.24, 2.45) is 5.41 Å². The van der Waals surface area contributed by atoms with Crippen LogP contribution >= 0.6 is 0 Å². The number of nitrogens with one attached hydrogen (secondary N) is 1. The van der Waals surface area contributed by atoms with Crippen molar-refractivity contribution in [1.29, 1.82) is 0 Å². The minimum absolute atomic E-state index is 0.0104. The molecule has 120 valence electrons. The molecule has 0 aromatic rings. The lowest BCUT2D eigenvalue weighted by molar-refractivity contribution is -0.127. The van der Waals surface area contributed by atoms with E-state index in [1.165, 1.54) is 51.5 Å². The van der Waals surface area contributed by atoms with Gasteiger partial charge in [-0.2, -0.15) is 0 Å². The van der Waals surface area contributed by atoms with Crippen molar-refractivity contribution in [3.8, 4) is 0 Å². The lowest BCUT2D eigenvalue weighted by Crippen LogP contribution is -2.47. The Labute approximate surface area is 128 Å². The number of amides is 1. The summed E-state index contributed by atoms with van der Waals surface area (Å²) in [7, 11) is 0. The number of rotatable bonds is 6. The highest BCUT2D eigenvalue weighted by molar-refractivity contribution is 5.85. The first-order chi connectivity index (χ1) is 10.2. The molecule has 1 unspecified atom stereocenters. The maximum absolute atomic E-state index is 12.1. The van der Waals surface area contributed by atoms with Gasteiger partial charge in [0.15, 0.2) is 0 Å². The Bertz CT molecular complexity index is 362. The molecule has 2 aliphatic carbocycles. The zero-order chi connectivity index (χ0) is 14.7. The molecule has 3 fully saturated rings. The normalized spacial score (nSPS) is 29.5. The van der Waals surface area contributed by atoms with E-state index in [4.69, 9.17) is 0 Å². The highest BCUT2D eigenvalue weighted by atomic mass is 16.3. The number of piperidine rings is 1. The van der Waals surface area contributed by atoms with E-state index in [1.807, 2.05) is 0 Å². The van der Waals surface area contributed by atoms with Crippen molar-refractivity contribution in [2.75, 3.05) is 19.7 Å². The average molecular weight is 294 g/mol. The quantitative estimate of drug-likeness (QED) is 0.788. The van der Waals surface area contributed by atoms with Gasteiger partial charge in [-0.3, -0.25) is 9.69 Å². The molecule has 3 aliphatic rings. The fourth-order valence-corrected chi connectivity index (χ4v) is 4.20. The highest BCUT2D eigenvalue weighted by Gasteiger charge is 2.49. The summed E-state index contributed by atoms with van der Waals surface area (Å²) in [6.45, 7) is 2.04. The van der Waals surface area contributed by atoms with Gasteiger partial charge in [0.25, 0.3) is 0 Å². The minimum Gasteiger partial charge on any atom is -0.395 e.